The molecule has 6 nitrogen and oxygen atoms in total. The fourth-order valence-electron chi connectivity index (χ4n) is 3.33. The van der Waals surface area contributed by atoms with Gasteiger partial charge >= 0.3 is 0 Å². The second kappa shape index (κ2) is 9.02. The molecule has 0 spiro atoms. The number of nitrogens with zero attached hydrogens (tertiary/aromatic N) is 3. The van der Waals surface area contributed by atoms with Crippen molar-refractivity contribution in [3.8, 4) is 0 Å². The lowest BCUT2D eigenvalue weighted by atomic mass is 10.00. The molecule has 0 heterocycles. The highest BCUT2D eigenvalue weighted by molar-refractivity contribution is 7.79. The van der Waals surface area contributed by atoms with Gasteiger partial charge < -0.3 is 14.8 Å². The molecule has 2 N–H and O–H groups in total. The Bertz CT molecular complexity index is 749. The van der Waals surface area contributed by atoms with E-state index in [-0.39, 0.29) is 5.92 Å². The van der Waals surface area contributed by atoms with Crippen molar-refractivity contribution in [3.63, 3.8) is 0 Å². The van der Waals surface area contributed by atoms with Crippen molar-refractivity contribution >= 4 is 17.8 Å². The first-order valence-electron chi connectivity index (χ1n) is 8.50. The monoisotopic (exact) mass is 373 g/mol. The topological polar surface area (TPSA) is 106 Å². The highest BCUT2D eigenvalue weighted by Crippen LogP contribution is 2.53. The molecule has 0 radical (unpaired) electrons. The van der Waals surface area contributed by atoms with Gasteiger partial charge in [-0.2, -0.15) is 0 Å². The summed E-state index contributed by atoms with van der Waals surface area (Å²) in [5, 5.41) is 25.2. The van der Waals surface area contributed by atoms with Crippen LogP contribution in [0.5, 0.6) is 0 Å². The van der Waals surface area contributed by atoms with Crippen molar-refractivity contribution < 1.29 is 14.8 Å². The van der Waals surface area contributed by atoms with E-state index in [0.29, 0.717) is 10.6 Å². The third-order valence-electron chi connectivity index (χ3n) is 4.51. The second-order valence-electron chi connectivity index (χ2n) is 6.51. The van der Waals surface area contributed by atoms with Crippen LogP contribution in [0.15, 0.2) is 65.8 Å². The largest absolute Gasteiger partial charge is 0.396 e. The van der Waals surface area contributed by atoms with Crippen molar-refractivity contribution in [2.24, 2.45) is 11.0 Å². The molecule has 0 aliphatic rings. The summed E-state index contributed by atoms with van der Waals surface area (Å²) in [6.45, 7) is 3.23. The highest BCUT2D eigenvalue weighted by atomic mass is 31.2. The average Bonchev–Trinajstić information content (AvgIpc) is 2.67. The normalized spacial score (nSPS) is 15.1. The molecule has 0 bridgehead atoms. The van der Waals surface area contributed by atoms with Crippen LogP contribution < -0.4 is 10.6 Å². The molecular weight excluding hydrogens is 349 g/mol. The van der Waals surface area contributed by atoms with Crippen LogP contribution in [0.2, 0.25) is 0 Å². The van der Waals surface area contributed by atoms with Crippen LogP contribution in [0.4, 0.5) is 0 Å². The van der Waals surface area contributed by atoms with E-state index in [2.05, 4.69) is 10.0 Å². The van der Waals surface area contributed by atoms with Crippen molar-refractivity contribution in [2.45, 2.75) is 31.7 Å². The molecule has 0 aromatic heterocycles. The average molecular weight is 373 g/mol. The summed E-state index contributed by atoms with van der Waals surface area (Å²) < 4.78 is 14.4. The third-order valence-corrected chi connectivity index (χ3v) is 8.39. The molecule has 0 saturated carbocycles. The number of benzene rings is 2. The van der Waals surface area contributed by atoms with Gasteiger partial charge in [0.05, 0.1) is 18.8 Å². The van der Waals surface area contributed by atoms with Gasteiger partial charge in [0, 0.05) is 21.2 Å². The standard InChI is InChI=1S/C19H24N3O3P/c1-14(2)19(18(24)17(13-23)21-22-20)26(25,15-9-5-3-6-10-15)16-11-7-4-8-12-16/h3-12,14,17-19,23-24H,13H2,1-2H3/t17-,18-,19+/m0/s1. The molecule has 138 valence electrons. The van der Waals surface area contributed by atoms with Crippen molar-refractivity contribution in [3.05, 3.63) is 71.1 Å². The summed E-state index contributed by atoms with van der Waals surface area (Å²) in [5.74, 6) is -0.181. The van der Waals surface area contributed by atoms with E-state index in [1.54, 1.807) is 24.3 Å². The van der Waals surface area contributed by atoms with Gasteiger partial charge in [-0.3, -0.25) is 0 Å². The molecule has 2 aromatic carbocycles. The van der Waals surface area contributed by atoms with E-state index in [1.165, 1.54) is 0 Å². The van der Waals surface area contributed by atoms with Gasteiger partial charge in [-0.25, -0.2) is 0 Å². The molecule has 0 amide bonds. The minimum absolute atomic E-state index is 0.181. The molecule has 3 atom stereocenters. The van der Waals surface area contributed by atoms with Gasteiger partial charge in [0.25, 0.3) is 0 Å². The van der Waals surface area contributed by atoms with Gasteiger partial charge in [0.2, 0.25) is 0 Å². The summed E-state index contributed by atoms with van der Waals surface area (Å²) in [4.78, 5) is 2.71. The van der Waals surface area contributed by atoms with Crippen molar-refractivity contribution in [1.29, 1.82) is 0 Å². The zero-order valence-electron chi connectivity index (χ0n) is 14.9. The Labute approximate surface area is 153 Å². The maximum absolute atomic E-state index is 14.4. The van der Waals surface area contributed by atoms with E-state index >= 15 is 0 Å². The van der Waals surface area contributed by atoms with E-state index in [9.17, 15) is 14.8 Å². The number of aliphatic hydroxyl groups excluding tert-OH is 2. The Morgan fingerprint density at radius 3 is 1.85 bits per heavy atom. The summed E-state index contributed by atoms with van der Waals surface area (Å²) in [6, 6.07) is 17.0. The Balaban J connectivity index is 2.69. The molecule has 0 fully saturated rings. The first kappa shape index (κ1) is 20.2. The molecule has 0 unspecified atom stereocenters. The number of aliphatic hydroxyl groups is 2. The van der Waals surface area contributed by atoms with E-state index in [4.69, 9.17) is 5.53 Å². The van der Waals surface area contributed by atoms with E-state index < -0.39 is 31.6 Å². The predicted molar refractivity (Wildman–Crippen MR) is 104 cm³/mol. The van der Waals surface area contributed by atoms with Gasteiger partial charge in [-0.1, -0.05) is 79.6 Å². The number of hydrogen-bond donors (Lipinski definition) is 2. The maximum atomic E-state index is 14.4. The second-order valence-corrected chi connectivity index (χ2v) is 9.45. The maximum Gasteiger partial charge on any atom is 0.148 e. The number of hydrogen-bond acceptors (Lipinski definition) is 4. The van der Waals surface area contributed by atoms with Gasteiger partial charge in [0.1, 0.15) is 7.14 Å². The quantitative estimate of drug-likeness (QED) is 0.321. The zero-order valence-corrected chi connectivity index (χ0v) is 15.8. The van der Waals surface area contributed by atoms with Crippen LogP contribution in [0, 0.1) is 5.92 Å². The third kappa shape index (κ3) is 4.00. The molecule has 26 heavy (non-hydrogen) atoms. The molecule has 2 aromatic rings. The zero-order chi connectivity index (χ0) is 19.2. The Morgan fingerprint density at radius 1 is 1.04 bits per heavy atom. The summed E-state index contributed by atoms with van der Waals surface area (Å²) in [6.07, 6.45) is -1.25. The Hall–Kier alpha value is -2.10. The van der Waals surface area contributed by atoms with Crippen LogP contribution in [0.3, 0.4) is 0 Å². The first-order valence-corrected chi connectivity index (χ1v) is 10.3. The lowest BCUT2D eigenvalue weighted by Gasteiger charge is -2.36. The van der Waals surface area contributed by atoms with Crippen LogP contribution in [-0.2, 0) is 4.57 Å². The van der Waals surface area contributed by atoms with Crippen LogP contribution >= 0.6 is 7.14 Å². The summed E-state index contributed by atoms with van der Waals surface area (Å²) in [5.41, 5.74) is 8.03. The van der Waals surface area contributed by atoms with Crippen molar-refractivity contribution in [1.82, 2.24) is 0 Å². The molecule has 2 rings (SSSR count). The van der Waals surface area contributed by atoms with Gasteiger partial charge in [-0.05, 0) is 11.4 Å². The van der Waals surface area contributed by atoms with Gasteiger partial charge in [0.15, 0.2) is 0 Å². The fraction of sp³-hybridized carbons (Fsp3) is 0.368. The smallest absolute Gasteiger partial charge is 0.148 e. The number of rotatable bonds is 8. The number of azide groups is 1. The van der Waals surface area contributed by atoms with E-state index in [1.807, 2.05) is 50.2 Å². The van der Waals surface area contributed by atoms with Crippen LogP contribution in [0.1, 0.15) is 13.8 Å². The lowest BCUT2D eigenvalue weighted by Crippen LogP contribution is -2.45. The molecular formula is C19H24N3O3P. The molecule has 0 aliphatic carbocycles. The SMILES string of the molecule is CC(C)[C@H]([C@@H](O)[C@H](CO)N=[N+]=[N-])P(=O)(c1ccccc1)c1ccccc1. The molecule has 0 saturated heterocycles. The van der Waals surface area contributed by atoms with Crippen molar-refractivity contribution in [2.75, 3.05) is 6.61 Å². The summed E-state index contributed by atoms with van der Waals surface area (Å²) >= 11 is 0. The summed E-state index contributed by atoms with van der Waals surface area (Å²) in [7, 11) is -3.28. The molecule has 0 aliphatic heterocycles. The first-order chi connectivity index (χ1) is 12.5. The van der Waals surface area contributed by atoms with E-state index in [0.717, 1.165) is 0 Å². The fourth-order valence-corrected chi connectivity index (χ4v) is 7.01. The Morgan fingerprint density at radius 2 is 1.50 bits per heavy atom. The lowest BCUT2D eigenvalue weighted by molar-refractivity contribution is 0.0940. The Kier molecular flexibility index (Phi) is 7.01. The molecule has 7 heteroatoms. The van der Waals surface area contributed by atoms with Crippen LogP contribution in [-0.4, -0.2) is 34.6 Å². The predicted octanol–water partition coefficient (Wildman–Crippen LogP) is 3.06. The van der Waals surface area contributed by atoms with Crippen LogP contribution in [0.25, 0.3) is 10.4 Å². The minimum atomic E-state index is -3.28. The minimum Gasteiger partial charge on any atom is -0.396 e. The highest BCUT2D eigenvalue weighted by Gasteiger charge is 2.44. The van der Waals surface area contributed by atoms with Gasteiger partial charge in [-0.15, -0.1) is 0 Å².